The van der Waals surface area contributed by atoms with Gasteiger partial charge in [-0.2, -0.15) is 0 Å². The largest absolute Gasteiger partial charge is 0.396 e. The van der Waals surface area contributed by atoms with Gasteiger partial charge in [0.1, 0.15) is 0 Å². The highest BCUT2D eigenvalue weighted by atomic mass is 16.1. The van der Waals surface area contributed by atoms with Crippen LogP contribution in [0.15, 0.2) is 42.6 Å². The minimum absolute atomic E-state index is 0.0903. The second kappa shape index (κ2) is 5.91. The highest BCUT2D eigenvalue weighted by molar-refractivity contribution is 6.02. The first-order valence-electron chi connectivity index (χ1n) is 8.51. The lowest BCUT2D eigenvalue weighted by Gasteiger charge is -2.23. The molecule has 0 bridgehead atoms. The number of hydrogen-bond donors (Lipinski definition) is 3. The van der Waals surface area contributed by atoms with Gasteiger partial charge in [0.15, 0.2) is 0 Å². The maximum atomic E-state index is 12.7. The molecule has 1 aliphatic heterocycles. The Morgan fingerprint density at radius 2 is 1.96 bits per heavy atom. The molecule has 2 aromatic rings. The molecule has 4 N–H and O–H groups in total. The van der Waals surface area contributed by atoms with Gasteiger partial charge in [0, 0.05) is 17.8 Å². The van der Waals surface area contributed by atoms with Crippen LogP contribution in [-0.4, -0.2) is 30.0 Å². The molecule has 5 nitrogen and oxygen atoms in total. The highest BCUT2D eigenvalue weighted by Crippen LogP contribution is 2.52. The molecule has 1 aliphatic carbocycles. The molecule has 1 amide bonds. The van der Waals surface area contributed by atoms with E-state index in [1.165, 1.54) is 0 Å². The average Bonchev–Trinajstić information content (AvgIpc) is 3.27. The maximum absolute atomic E-state index is 12.7. The summed E-state index contributed by atoms with van der Waals surface area (Å²) in [7, 11) is 0. The topological polar surface area (TPSA) is 80.0 Å². The van der Waals surface area contributed by atoms with Crippen molar-refractivity contribution >= 4 is 11.6 Å². The third kappa shape index (κ3) is 2.65. The zero-order valence-electron chi connectivity index (χ0n) is 13.6. The van der Waals surface area contributed by atoms with Gasteiger partial charge in [-0.25, -0.2) is 0 Å². The average molecular weight is 322 g/mol. The number of nitrogen functional groups attached to an aromatic ring is 1. The van der Waals surface area contributed by atoms with Gasteiger partial charge in [0.05, 0.1) is 16.9 Å². The third-order valence-electron chi connectivity index (χ3n) is 5.38. The lowest BCUT2D eigenvalue weighted by molar-refractivity contribution is 0.0943. The Hall–Kier alpha value is -2.40. The van der Waals surface area contributed by atoms with Crippen LogP contribution < -0.4 is 16.4 Å². The molecule has 2 fully saturated rings. The number of nitrogens with two attached hydrogens (primary N) is 1. The number of pyridine rings is 1. The molecule has 1 saturated carbocycles. The third-order valence-corrected chi connectivity index (χ3v) is 5.38. The van der Waals surface area contributed by atoms with Crippen LogP contribution in [0.25, 0.3) is 11.3 Å². The van der Waals surface area contributed by atoms with Crippen LogP contribution >= 0.6 is 0 Å². The van der Waals surface area contributed by atoms with Gasteiger partial charge in [-0.1, -0.05) is 30.3 Å². The summed E-state index contributed by atoms with van der Waals surface area (Å²) in [5.74, 6) is -0.0903. The monoisotopic (exact) mass is 322 g/mol. The summed E-state index contributed by atoms with van der Waals surface area (Å²) in [6.07, 6.45) is 5.01. The van der Waals surface area contributed by atoms with Gasteiger partial charge < -0.3 is 16.4 Å². The van der Waals surface area contributed by atoms with E-state index in [-0.39, 0.29) is 11.9 Å². The second-order valence-electron chi connectivity index (χ2n) is 6.83. The van der Waals surface area contributed by atoms with Crippen molar-refractivity contribution < 1.29 is 4.79 Å². The Morgan fingerprint density at radius 1 is 1.21 bits per heavy atom. The predicted octanol–water partition coefficient (Wildman–Crippen LogP) is 2.20. The van der Waals surface area contributed by atoms with Gasteiger partial charge in [-0.05, 0) is 43.8 Å². The first-order chi connectivity index (χ1) is 11.7. The van der Waals surface area contributed by atoms with Crippen LogP contribution in [0.5, 0.6) is 0 Å². The molecular formula is C19H22N4O. The summed E-state index contributed by atoms with van der Waals surface area (Å²) in [5.41, 5.74) is 9.10. The van der Waals surface area contributed by atoms with Crippen LogP contribution in [0.1, 0.15) is 29.6 Å². The van der Waals surface area contributed by atoms with E-state index in [0.717, 1.165) is 37.9 Å². The fraction of sp³-hybridized carbons (Fsp3) is 0.368. The van der Waals surface area contributed by atoms with E-state index in [2.05, 4.69) is 15.6 Å². The van der Waals surface area contributed by atoms with E-state index in [0.29, 0.717) is 22.4 Å². The molecule has 24 heavy (non-hydrogen) atoms. The molecule has 124 valence electrons. The number of aromatic nitrogens is 1. The van der Waals surface area contributed by atoms with E-state index >= 15 is 0 Å². The van der Waals surface area contributed by atoms with Gasteiger partial charge in [-0.15, -0.1) is 0 Å². The van der Waals surface area contributed by atoms with E-state index < -0.39 is 0 Å². The number of amides is 1. The Morgan fingerprint density at radius 3 is 2.71 bits per heavy atom. The molecular weight excluding hydrogens is 300 g/mol. The number of nitrogens with zero attached hydrogens (tertiary/aromatic N) is 1. The standard InChI is InChI=1S/C19H22N4O/c20-16-14(6-9-22-17(16)13-4-2-1-3-5-13)18(24)23-15-12-19(15)7-10-21-11-8-19/h1-6,9,15,21H,7-8,10-12,20H2,(H,23,24). The molecule has 1 aromatic heterocycles. The maximum Gasteiger partial charge on any atom is 0.253 e. The van der Waals surface area contributed by atoms with Gasteiger partial charge in [-0.3, -0.25) is 9.78 Å². The molecule has 1 aromatic carbocycles. The van der Waals surface area contributed by atoms with Crippen molar-refractivity contribution in [3.8, 4) is 11.3 Å². The molecule has 1 saturated heterocycles. The number of benzene rings is 1. The van der Waals surface area contributed by atoms with E-state index in [4.69, 9.17) is 5.73 Å². The number of nitrogens with one attached hydrogen (secondary N) is 2. The van der Waals surface area contributed by atoms with E-state index in [1.807, 2.05) is 30.3 Å². The lowest BCUT2D eigenvalue weighted by atomic mass is 9.94. The summed E-state index contributed by atoms with van der Waals surface area (Å²) < 4.78 is 0. The van der Waals surface area contributed by atoms with Crippen molar-refractivity contribution in [2.45, 2.75) is 25.3 Å². The molecule has 5 heteroatoms. The molecule has 1 atom stereocenters. The van der Waals surface area contributed by atoms with Crippen LogP contribution in [0.2, 0.25) is 0 Å². The zero-order chi connectivity index (χ0) is 16.6. The predicted molar refractivity (Wildman–Crippen MR) is 94.5 cm³/mol. The Kier molecular flexibility index (Phi) is 3.73. The summed E-state index contributed by atoms with van der Waals surface area (Å²) in [6.45, 7) is 2.09. The Labute approximate surface area is 141 Å². The van der Waals surface area contributed by atoms with Crippen molar-refractivity contribution in [1.29, 1.82) is 0 Å². The second-order valence-corrected chi connectivity index (χ2v) is 6.83. The number of carbonyl (C=O) groups is 1. The Bertz CT molecular complexity index is 753. The smallest absolute Gasteiger partial charge is 0.253 e. The van der Waals surface area contributed by atoms with E-state index in [9.17, 15) is 4.79 Å². The van der Waals surface area contributed by atoms with Crippen molar-refractivity contribution in [2.24, 2.45) is 5.41 Å². The van der Waals surface area contributed by atoms with Gasteiger partial charge in [0.25, 0.3) is 5.91 Å². The number of anilines is 1. The fourth-order valence-electron chi connectivity index (χ4n) is 3.76. The first-order valence-corrected chi connectivity index (χ1v) is 8.51. The lowest BCUT2D eigenvalue weighted by Crippen LogP contribution is -2.36. The highest BCUT2D eigenvalue weighted by Gasteiger charge is 2.54. The molecule has 4 rings (SSSR count). The van der Waals surface area contributed by atoms with Crippen molar-refractivity contribution in [1.82, 2.24) is 15.6 Å². The van der Waals surface area contributed by atoms with Crippen LogP contribution in [-0.2, 0) is 0 Å². The molecule has 2 heterocycles. The fourth-order valence-corrected chi connectivity index (χ4v) is 3.76. The normalized spacial score (nSPS) is 21.4. The van der Waals surface area contributed by atoms with Crippen molar-refractivity contribution in [2.75, 3.05) is 18.8 Å². The minimum Gasteiger partial charge on any atom is -0.396 e. The summed E-state index contributed by atoms with van der Waals surface area (Å²) in [5, 5.41) is 6.56. The van der Waals surface area contributed by atoms with Gasteiger partial charge >= 0.3 is 0 Å². The SMILES string of the molecule is Nc1c(C(=O)NC2CC23CCNCC3)ccnc1-c1ccccc1. The summed E-state index contributed by atoms with van der Waals surface area (Å²) in [6, 6.07) is 11.7. The molecule has 1 spiro atoms. The van der Waals surface area contributed by atoms with Crippen LogP contribution in [0, 0.1) is 5.41 Å². The Balaban J connectivity index is 1.53. The number of rotatable bonds is 3. The summed E-state index contributed by atoms with van der Waals surface area (Å²) >= 11 is 0. The van der Waals surface area contributed by atoms with Crippen LogP contribution in [0.4, 0.5) is 5.69 Å². The number of piperidine rings is 1. The van der Waals surface area contributed by atoms with E-state index in [1.54, 1.807) is 12.3 Å². The quantitative estimate of drug-likeness (QED) is 0.809. The molecule has 1 unspecified atom stereocenters. The minimum atomic E-state index is -0.0903. The zero-order valence-corrected chi connectivity index (χ0v) is 13.6. The molecule has 2 aliphatic rings. The van der Waals surface area contributed by atoms with Crippen LogP contribution in [0.3, 0.4) is 0 Å². The number of hydrogen-bond acceptors (Lipinski definition) is 4. The van der Waals surface area contributed by atoms with Crippen molar-refractivity contribution in [3.63, 3.8) is 0 Å². The first kappa shape index (κ1) is 15.1. The van der Waals surface area contributed by atoms with Gasteiger partial charge in [0.2, 0.25) is 0 Å². The molecule has 0 radical (unpaired) electrons. The number of carbonyl (C=O) groups excluding carboxylic acids is 1. The summed E-state index contributed by atoms with van der Waals surface area (Å²) in [4.78, 5) is 17.0. The van der Waals surface area contributed by atoms with Crippen molar-refractivity contribution in [3.05, 3.63) is 48.2 Å².